The predicted octanol–water partition coefficient (Wildman–Crippen LogP) is 4.05. The van der Waals surface area contributed by atoms with E-state index in [1.807, 2.05) is 18.2 Å². The molecule has 3 rings (SSSR count). The molecular weight excluding hydrogens is 370 g/mol. The fourth-order valence-electron chi connectivity index (χ4n) is 3.27. The third-order valence-electron chi connectivity index (χ3n) is 4.82. The molecule has 1 aliphatic carbocycles. The number of rotatable bonds is 6. The molecule has 1 fully saturated rings. The molecule has 2 aromatic rings. The lowest BCUT2D eigenvalue weighted by atomic mass is 9.93. The highest BCUT2D eigenvalue weighted by Crippen LogP contribution is 2.22. The van der Waals surface area contributed by atoms with E-state index in [-0.39, 0.29) is 23.8 Å². The van der Waals surface area contributed by atoms with Crippen molar-refractivity contribution in [1.82, 2.24) is 5.32 Å². The number of hydrogen-bond donors (Lipinski definition) is 1. The smallest absolute Gasteiger partial charge is 0.431 e. The lowest BCUT2D eigenvalue weighted by Crippen LogP contribution is -2.38. The van der Waals surface area contributed by atoms with Crippen LogP contribution in [0.25, 0.3) is 0 Å². The Kier molecular flexibility index (Phi) is 6.79. The summed E-state index contributed by atoms with van der Waals surface area (Å²) in [4.78, 5) is 35.8. The second-order valence-electron chi connectivity index (χ2n) is 6.88. The minimum Gasteiger partial charge on any atom is -0.431 e. The van der Waals surface area contributed by atoms with Gasteiger partial charge >= 0.3 is 6.16 Å². The molecule has 0 atom stereocenters. The van der Waals surface area contributed by atoms with Gasteiger partial charge in [0.15, 0.2) is 5.78 Å². The summed E-state index contributed by atoms with van der Waals surface area (Å²) >= 11 is 0. The summed E-state index contributed by atoms with van der Waals surface area (Å²) in [7, 11) is 0. The van der Waals surface area contributed by atoms with Crippen LogP contribution >= 0.6 is 0 Å². The first-order valence-electron chi connectivity index (χ1n) is 9.56. The molecular formula is C23H23NO5. The topological polar surface area (TPSA) is 81.7 Å². The lowest BCUT2D eigenvalue weighted by molar-refractivity contribution is -0.117. The van der Waals surface area contributed by atoms with Gasteiger partial charge in [-0.15, -0.1) is 0 Å². The quantitative estimate of drug-likeness (QED) is 0.347. The van der Waals surface area contributed by atoms with Crippen molar-refractivity contribution in [3.05, 3.63) is 78.4 Å². The number of carbonyl (C=O) groups is 3. The van der Waals surface area contributed by atoms with Crippen molar-refractivity contribution in [3.8, 4) is 5.75 Å². The Labute approximate surface area is 169 Å². The number of carbonyl (C=O) groups excluding carboxylic acids is 3. The summed E-state index contributed by atoms with van der Waals surface area (Å²) in [6, 6.07) is 15.4. The molecule has 0 aromatic heterocycles. The molecule has 0 bridgehead atoms. The zero-order chi connectivity index (χ0) is 20.6. The fourth-order valence-corrected chi connectivity index (χ4v) is 3.27. The molecule has 0 heterocycles. The van der Waals surface area contributed by atoms with Gasteiger partial charge in [0.25, 0.3) is 0 Å². The van der Waals surface area contributed by atoms with Gasteiger partial charge in [-0.25, -0.2) is 4.79 Å². The largest absolute Gasteiger partial charge is 0.514 e. The molecule has 0 spiro atoms. The van der Waals surface area contributed by atoms with E-state index in [4.69, 9.17) is 9.47 Å². The molecule has 1 amide bonds. The van der Waals surface area contributed by atoms with Gasteiger partial charge in [0.05, 0.1) is 0 Å². The molecule has 1 saturated carbocycles. The molecule has 6 heteroatoms. The monoisotopic (exact) mass is 393 g/mol. The SMILES string of the molecule is C=CC(=O)NC1CCC(OC(=O)Oc2ccc(C(=O)c3ccccc3)cc2)CC1. The normalized spacial score (nSPS) is 18.3. The predicted molar refractivity (Wildman–Crippen MR) is 108 cm³/mol. The summed E-state index contributed by atoms with van der Waals surface area (Å²) in [5, 5.41) is 2.85. The molecule has 29 heavy (non-hydrogen) atoms. The maximum absolute atomic E-state index is 12.4. The average Bonchev–Trinajstić information content (AvgIpc) is 2.75. The van der Waals surface area contributed by atoms with Gasteiger partial charge in [-0.1, -0.05) is 36.9 Å². The highest BCUT2D eigenvalue weighted by atomic mass is 16.7. The number of ketones is 1. The van der Waals surface area contributed by atoms with Gasteiger partial charge in [-0.3, -0.25) is 9.59 Å². The van der Waals surface area contributed by atoms with Crippen LogP contribution in [-0.2, 0) is 9.53 Å². The summed E-state index contributed by atoms with van der Waals surface area (Å²) in [6.07, 6.45) is 3.01. The first kappa shape index (κ1) is 20.3. The van der Waals surface area contributed by atoms with E-state index < -0.39 is 6.16 Å². The van der Waals surface area contributed by atoms with Crippen molar-refractivity contribution in [3.63, 3.8) is 0 Å². The van der Waals surface area contributed by atoms with Gasteiger partial charge in [-0.05, 0) is 56.0 Å². The number of amides is 1. The number of benzene rings is 2. The third-order valence-corrected chi connectivity index (χ3v) is 4.82. The first-order valence-corrected chi connectivity index (χ1v) is 9.56. The van der Waals surface area contributed by atoms with E-state index >= 15 is 0 Å². The van der Waals surface area contributed by atoms with Crippen LogP contribution in [0.1, 0.15) is 41.6 Å². The standard InChI is InChI=1S/C23H23NO5/c1-2-21(25)24-18-10-14-20(15-11-18)29-23(27)28-19-12-8-17(9-13-19)22(26)16-6-4-3-5-7-16/h2-9,12-13,18,20H,1,10-11,14-15H2,(H,24,25). The van der Waals surface area contributed by atoms with E-state index in [0.717, 1.165) is 12.8 Å². The van der Waals surface area contributed by atoms with E-state index in [1.165, 1.54) is 6.08 Å². The minimum absolute atomic E-state index is 0.0751. The molecule has 6 nitrogen and oxygen atoms in total. The van der Waals surface area contributed by atoms with Crippen LogP contribution in [0.15, 0.2) is 67.3 Å². The van der Waals surface area contributed by atoms with Crippen molar-refractivity contribution in [2.75, 3.05) is 0 Å². The molecule has 1 N–H and O–H groups in total. The summed E-state index contributed by atoms with van der Waals surface area (Å²) in [5.74, 6) is 0.0227. The Morgan fingerprint density at radius 1 is 0.897 bits per heavy atom. The molecule has 150 valence electrons. The molecule has 1 aliphatic rings. The van der Waals surface area contributed by atoms with Crippen molar-refractivity contribution >= 4 is 17.8 Å². The zero-order valence-electron chi connectivity index (χ0n) is 16.0. The Hall–Kier alpha value is -3.41. The first-order chi connectivity index (χ1) is 14.0. The van der Waals surface area contributed by atoms with E-state index in [0.29, 0.717) is 29.7 Å². The highest BCUT2D eigenvalue weighted by molar-refractivity contribution is 6.09. The molecule has 2 aromatic carbocycles. The average molecular weight is 393 g/mol. The van der Waals surface area contributed by atoms with Crippen LogP contribution in [0.5, 0.6) is 5.75 Å². The molecule has 0 aliphatic heterocycles. The molecule has 0 unspecified atom stereocenters. The third kappa shape index (κ3) is 5.78. The van der Waals surface area contributed by atoms with Crippen LogP contribution in [0.2, 0.25) is 0 Å². The van der Waals surface area contributed by atoms with Crippen LogP contribution in [0.3, 0.4) is 0 Å². The van der Waals surface area contributed by atoms with Crippen LogP contribution in [-0.4, -0.2) is 30.0 Å². The van der Waals surface area contributed by atoms with Crippen molar-refractivity contribution in [1.29, 1.82) is 0 Å². The Balaban J connectivity index is 1.47. The summed E-state index contributed by atoms with van der Waals surface area (Å²) < 4.78 is 10.6. The molecule has 0 saturated heterocycles. The Bertz CT molecular complexity index is 868. The minimum atomic E-state index is -0.772. The second kappa shape index (κ2) is 9.68. The van der Waals surface area contributed by atoms with Gasteiger partial charge < -0.3 is 14.8 Å². The highest BCUT2D eigenvalue weighted by Gasteiger charge is 2.25. The van der Waals surface area contributed by atoms with Crippen molar-refractivity contribution in [2.45, 2.75) is 37.8 Å². The van der Waals surface area contributed by atoms with Crippen molar-refractivity contribution < 1.29 is 23.9 Å². The number of hydrogen-bond acceptors (Lipinski definition) is 5. The van der Waals surface area contributed by atoms with Gasteiger partial charge in [0.2, 0.25) is 5.91 Å². The van der Waals surface area contributed by atoms with Gasteiger partial charge in [-0.2, -0.15) is 0 Å². The number of nitrogens with one attached hydrogen (secondary N) is 1. The van der Waals surface area contributed by atoms with Crippen LogP contribution in [0, 0.1) is 0 Å². The van der Waals surface area contributed by atoms with E-state index in [2.05, 4.69) is 11.9 Å². The van der Waals surface area contributed by atoms with Crippen LogP contribution < -0.4 is 10.1 Å². The molecule has 0 radical (unpaired) electrons. The zero-order valence-corrected chi connectivity index (χ0v) is 16.0. The number of ether oxygens (including phenoxy) is 2. The second-order valence-corrected chi connectivity index (χ2v) is 6.88. The Morgan fingerprint density at radius 3 is 2.14 bits per heavy atom. The summed E-state index contributed by atoms with van der Waals surface area (Å²) in [6.45, 7) is 3.43. The van der Waals surface area contributed by atoms with E-state index in [9.17, 15) is 14.4 Å². The maximum atomic E-state index is 12.4. The van der Waals surface area contributed by atoms with Gasteiger partial charge in [0, 0.05) is 17.2 Å². The van der Waals surface area contributed by atoms with Crippen molar-refractivity contribution in [2.24, 2.45) is 0 Å². The summed E-state index contributed by atoms with van der Waals surface area (Å²) in [5.41, 5.74) is 1.11. The van der Waals surface area contributed by atoms with Crippen LogP contribution in [0.4, 0.5) is 4.79 Å². The fraction of sp³-hybridized carbons (Fsp3) is 0.261. The van der Waals surface area contributed by atoms with E-state index in [1.54, 1.807) is 36.4 Å². The lowest BCUT2D eigenvalue weighted by Gasteiger charge is -2.28. The maximum Gasteiger partial charge on any atom is 0.514 e. The Morgan fingerprint density at radius 2 is 1.52 bits per heavy atom. The van der Waals surface area contributed by atoms with Gasteiger partial charge in [0.1, 0.15) is 11.9 Å².